The van der Waals surface area contributed by atoms with Gasteiger partial charge in [0.15, 0.2) is 0 Å². The molecule has 0 aliphatic carbocycles. The minimum atomic E-state index is -0.300. The lowest BCUT2D eigenvalue weighted by molar-refractivity contribution is -0.128. The second-order valence-corrected chi connectivity index (χ2v) is 3.67. The number of carbonyl (C=O) groups is 1. The number of nitrogens with one attached hydrogen (secondary N) is 1. The molecule has 0 aromatic carbocycles. The molecular formula is C8H16N2O2. The number of nitrogens with two attached hydrogens (primary N) is 1. The summed E-state index contributed by atoms with van der Waals surface area (Å²) in [6.07, 6.45) is 0. The highest BCUT2D eigenvalue weighted by Crippen LogP contribution is 2.16. The second kappa shape index (κ2) is 3.41. The SMILES string of the molecule is CC(COC1(C)CNC1)C(N)=O. The van der Waals surface area contributed by atoms with Gasteiger partial charge in [-0.15, -0.1) is 0 Å². The van der Waals surface area contributed by atoms with Crippen molar-refractivity contribution in [3.05, 3.63) is 0 Å². The minimum Gasteiger partial charge on any atom is -0.372 e. The average molecular weight is 172 g/mol. The van der Waals surface area contributed by atoms with Crippen molar-refractivity contribution in [3.63, 3.8) is 0 Å². The molecule has 0 saturated carbocycles. The molecule has 1 aliphatic rings. The van der Waals surface area contributed by atoms with Crippen molar-refractivity contribution in [3.8, 4) is 0 Å². The Morgan fingerprint density at radius 1 is 1.75 bits per heavy atom. The molecule has 0 aromatic rings. The van der Waals surface area contributed by atoms with Crippen LogP contribution in [-0.2, 0) is 9.53 Å². The predicted octanol–water partition coefficient (Wildman–Crippen LogP) is -0.514. The molecular weight excluding hydrogens is 156 g/mol. The van der Waals surface area contributed by atoms with Crippen molar-refractivity contribution in [2.75, 3.05) is 19.7 Å². The molecule has 12 heavy (non-hydrogen) atoms. The molecule has 4 nitrogen and oxygen atoms in total. The van der Waals surface area contributed by atoms with E-state index in [4.69, 9.17) is 10.5 Å². The fraction of sp³-hybridized carbons (Fsp3) is 0.875. The van der Waals surface area contributed by atoms with Crippen molar-refractivity contribution in [2.45, 2.75) is 19.4 Å². The van der Waals surface area contributed by atoms with Crippen LogP contribution < -0.4 is 11.1 Å². The number of rotatable bonds is 4. The van der Waals surface area contributed by atoms with E-state index in [1.54, 1.807) is 6.92 Å². The molecule has 1 rings (SSSR count). The monoisotopic (exact) mass is 172 g/mol. The van der Waals surface area contributed by atoms with Crippen molar-refractivity contribution in [1.82, 2.24) is 5.32 Å². The number of hydrogen-bond acceptors (Lipinski definition) is 3. The summed E-state index contributed by atoms with van der Waals surface area (Å²) in [4.78, 5) is 10.6. The van der Waals surface area contributed by atoms with E-state index in [0.717, 1.165) is 13.1 Å². The van der Waals surface area contributed by atoms with E-state index in [2.05, 4.69) is 5.32 Å². The van der Waals surface area contributed by atoms with Gasteiger partial charge in [-0.25, -0.2) is 0 Å². The molecule has 1 aliphatic heterocycles. The van der Waals surface area contributed by atoms with Crippen LogP contribution in [0, 0.1) is 5.92 Å². The summed E-state index contributed by atoms with van der Waals surface area (Å²) in [7, 11) is 0. The zero-order valence-electron chi connectivity index (χ0n) is 7.59. The highest BCUT2D eigenvalue weighted by atomic mass is 16.5. The van der Waals surface area contributed by atoms with E-state index >= 15 is 0 Å². The fourth-order valence-corrected chi connectivity index (χ4v) is 0.987. The zero-order valence-corrected chi connectivity index (χ0v) is 7.59. The number of amides is 1. The maximum Gasteiger partial charge on any atom is 0.222 e. The van der Waals surface area contributed by atoms with Crippen molar-refractivity contribution < 1.29 is 9.53 Å². The molecule has 0 radical (unpaired) electrons. The van der Waals surface area contributed by atoms with Crippen LogP contribution in [-0.4, -0.2) is 31.2 Å². The third kappa shape index (κ3) is 2.19. The molecule has 0 spiro atoms. The van der Waals surface area contributed by atoms with Crippen LogP contribution in [0.1, 0.15) is 13.8 Å². The van der Waals surface area contributed by atoms with Gasteiger partial charge in [0, 0.05) is 13.1 Å². The van der Waals surface area contributed by atoms with Gasteiger partial charge in [-0.1, -0.05) is 6.92 Å². The summed E-state index contributed by atoms with van der Waals surface area (Å²) >= 11 is 0. The molecule has 3 N–H and O–H groups in total. The Labute approximate surface area is 72.5 Å². The van der Waals surface area contributed by atoms with E-state index in [1.807, 2.05) is 6.92 Å². The smallest absolute Gasteiger partial charge is 0.222 e. The molecule has 70 valence electrons. The van der Waals surface area contributed by atoms with E-state index in [1.165, 1.54) is 0 Å². The lowest BCUT2D eigenvalue weighted by Gasteiger charge is -2.39. The van der Waals surface area contributed by atoms with Crippen LogP contribution in [0.15, 0.2) is 0 Å². The topological polar surface area (TPSA) is 64.3 Å². The number of ether oxygens (including phenoxy) is 1. The Kier molecular flexibility index (Phi) is 2.69. The predicted molar refractivity (Wildman–Crippen MR) is 45.6 cm³/mol. The van der Waals surface area contributed by atoms with Crippen molar-refractivity contribution in [2.24, 2.45) is 11.7 Å². The van der Waals surface area contributed by atoms with Gasteiger partial charge in [0.25, 0.3) is 0 Å². The maximum atomic E-state index is 10.6. The molecule has 1 heterocycles. The molecule has 1 unspecified atom stereocenters. The number of hydrogen-bond donors (Lipinski definition) is 2. The first kappa shape index (κ1) is 9.48. The Bertz CT molecular complexity index is 178. The number of carbonyl (C=O) groups excluding carboxylic acids is 1. The Hall–Kier alpha value is -0.610. The first-order valence-corrected chi connectivity index (χ1v) is 4.17. The molecule has 0 bridgehead atoms. The largest absolute Gasteiger partial charge is 0.372 e. The van der Waals surface area contributed by atoms with Crippen molar-refractivity contribution in [1.29, 1.82) is 0 Å². The second-order valence-electron chi connectivity index (χ2n) is 3.67. The Morgan fingerprint density at radius 3 is 2.67 bits per heavy atom. The normalized spacial score (nSPS) is 22.8. The summed E-state index contributed by atoms with van der Waals surface area (Å²) in [5.41, 5.74) is 5.01. The Morgan fingerprint density at radius 2 is 2.33 bits per heavy atom. The molecule has 1 fully saturated rings. The van der Waals surface area contributed by atoms with Gasteiger partial charge >= 0.3 is 0 Å². The molecule has 4 heteroatoms. The first-order chi connectivity index (χ1) is 5.53. The maximum absolute atomic E-state index is 10.6. The van der Waals surface area contributed by atoms with E-state index < -0.39 is 0 Å². The lowest BCUT2D eigenvalue weighted by Crippen LogP contribution is -2.59. The molecule has 1 saturated heterocycles. The minimum absolute atomic E-state index is 0.0797. The van der Waals surface area contributed by atoms with E-state index in [0.29, 0.717) is 6.61 Å². The zero-order chi connectivity index (χ0) is 9.19. The standard InChI is InChI=1S/C8H16N2O2/c1-6(7(9)11)3-12-8(2)4-10-5-8/h6,10H,3-5H2,1-2H3,(H2,9,11). The first-order valence-electron chi connectivity index (χ1n) is 4.17. The Balaban J connectivity index is 2.20. The van der Waals surface area contributed by atoms with Crippen LogP contribution in [0.3, 0.4) is 0 Å². The van der Waals surface area contributed by atoms with Crippen LogP contribution >= 0.6 is 0 Å². The van der Waals surface area contributed by atoms with Crippen LogP contribution in [0.5, 0.6) is 0 Å². The van der Waals surface area contributed by atoms with Crippen LogP contribution in [0.4, 0.5) is 0 Å². The highest BCUT2D eigenvalue weighted by molar-refractivity contribution is 5.76. The van der Waals surface area contributed by atoms with Crippen LogP contribution in [0.2, 0.25) is 0 Å². The van der Waals surface area contributed by atoms with Gasteiger partial charge in [0.05, 0.1) is 18.1 Å². The summed E-state index contributed by atoms with van der Waals surface area (Å²) in [6.45, 7) is 5.94. The quantitative estimate of drug-likeness (QED) is 0.600. The molecule has 1 amide bonds. The fourth-order valence-electron chi connectivity index (χ4n) is 0.987. The van der Waals surface area contributed by atoms with Gasteiger partial charge in [0.2, 0.25) is 5.91 Å². The van der Waals surface area contributed by atoms with E-state index in [9.17, 15) is 4.79 Å². The number of primary amides is 1. The van der Waals surface area contributed by atoms with Gasteiger partial charge in [0.1, 0.15) is 0 Å². The van der Waals surface area contributed by atoms with Gasteiger partial charge in [-0.3, -0.25) is 4.79 Å². The van der Waals surface area contributed by atoms with Gasteiger partial charge < -0.3 is 15.8 Å². The average Bonchev–Trinajstić information content (AvgIpc) is 1.96. The summed E-state index contributed by atoms with van der Waals surface area (Å²) < 4.78 is 5.53. The summed E-state index contributed by atoms with van der Waals surface area (Å²) in [5.74, 6) is -0.492. The van der Waals surface area contributed by atoms with Crippen molar-refractivity contribution >= 4 is 5.91 Å². The lowest BCUT2D eigenvalue weighted by atomic mass is 10.00. The third-order valence-electron chi connectivity index (χ3n) is 2.17. The summed E-state index contributed by atoms with van der Waals surface area (Å²) in [6, 6.07) is 0. The van der Waals surface area contributed by atoms with E-state index in [-0.39, 0.29) is 17.4 Å². The van der Waals surface area contributed by atoms with Gasteiger partial charge in [-0.2, -0.15) is 0 Å². The van der Waals surface area contributed by atoms with Crippen LogP contribution in [0.25, 0.3) is 0 Å². The highest BCUT2D eigenvalue weighted by Gasteiger charge is 2.33. The molecule has 1 atom stereocenters. The summed E-state index contributed by atoms with van der Waals surface area (Å²) in [5, 5.41) is 3.11. The molecule has 0 aromatic heterocycles. The van der Waals surface area contributed by atoms with Gasteiger partial charge in [-0.05, 0) is 6.92 Å². The third-order valence-corrected chi connectivity index (χ3v) is 2.17.